The van der Waals surface area contributed by atoms with Gasteiger partial charge in [0.25, 0.3) is 5.91 Å². The molecule has 0 unspecified atom stereocenters. The SMILES string of the molecule is COC(=O)CS[C@@H]1CCN(C(=O)c2ccccc2Br)C1. The van der Waals surface area contributed by atoms with E-state index in [0.29, 0.717) is 23.1 Å². The number of thioether (sulfide) groups is 1. The maximum Gasteiger partial charge on any atom is 0.315 e. The second kappa shape index (κ2) is 7.13. The maximum atomic E-state index is 12.4. The lowest BCUT2D eigenvalue weighted by Gasteiger charge is -2.17. The molecule has 1 aliphatic heterocycles. The summed E-state index contributed by atoms with van der Waals surface area (Å²) in [6.07, 6.45) is 0.915. The summed E-state index contributed by atoms with van der Waals surface area (Å²) in [6.45, 7) is 1.42. The predicted octanol–water partition coefficient (Wildman–Crippen LogP) is 2.57. The molecule has 108 valence electrons. The van der Waals surface area contributed by atoms with Gasteiger partial charge in [0.1, 0.15) is 0 Å². The number of benzene rings is 1. The van der Waals surface area contributed by atoms with Crippen molar-refractivity contribution < 1.29 is 14.3 Å². The third-order valence-electron chi connectivity index (χ3n) is 3.20. The van der Waals surface area contributed by atoms with E-state index < -0.39 is 0 Å². The van der Waals surface area contributed by atoms with Gasteiger partial charge in [0, 0.05) is 22.8 Å². The largest absolute Gasteiger partial charge is 0.468 e. The number of methoxy groups -OCH3 is 1. The highest BCUT2D eigenvalue weighted by Crippen LogP contribution is 2.26. The molecule has 4 nitrogen and oxygen atoms in total. The zero-order chi connectivity index (χ0) is 14.5. The minimum Gasteiger partial charge on any atom is -0.468 e. The fourth-order valence-electron chi connectivity index (χ4n) is 2.10. The van der Waals surface area contributed by atoms with Crippen molar-refractivity contribution in [2.24, 2.45) is 0 Å². The Labute approximate surface area is 131 Å². The van der Waals surface area contributed by atoms with Crippen molar-refractivity contribution >= 4 is 39.6 Å². The second-order valence-electron chi connectivity index (χ2n) is 4.53. The van der Waals surface area contributed by atoms with Gasteiger partial charge in [0.15, 0.2) is 0 Å². The minimum absolute atomic E-state index is 0.0404. The molecule has 0 N–H and O–H groups in total. The third-order valence-corrected chi connectivity index (χ3v) is 5.15. The Morgan fingerprint density at radius 1 is 1.45 bits per heavy atom. The Bertz CT molecular complexity index is 509. The highest BCUT2D eigenvalue weighted by atomic mass is 79.9. The van der Waals surface area contributed by atoms with Crippen LogP contribution in [0.1, 0.15) is 16.8 Å². The molecule has 1 aliphatic rings. The molecule has 1 fully saturated rings. The molecule has 1 aromatic carbocycles. The summed E-state index contributed by atoms with van der Waals surface area (Å²) >= 11 is 4.96. The summed E-state index contributed by atoms with van der Waals surface area (Å²) < 4.78 is 5.44. The van der Waals surface area contributed by atoms with E-state index in [1.165, 1.54) is 7.11 Å². The van der Waals surface area contributed by atoms with E-state index in [2.05, 4.69) is 20.7 Å². The van der Waals surface area contributed by atoms with Gasteiger partial charge in [0.05, 0.1) is 18.4 Å². The number of carbonyl (C=O) groups excluding carboxylic acids is 2. The Kier molecular flexibility index (Phi) is 5.48. The molecule has 6 heteroatoms. The van der Waals surface area contributed by atoms with E-state index in [1.807, 2.05) is 29.2 Å². The standard InChI is InChI=1S/C14H16BrNO3S/c1-19-13(17)9-20-10-6-7-16(8-10)14(18)11-4-2-3-5-12(11)15/h2-5,10H,6-9H2,1H3/t10-/m1/s1. The quantitative estimate of drug-likeness (QED) is 0.777. The van der Waals surface area contributed by atoms with E-state index in [1.54, 1.807) is 11.8 Å². The van der Waals surface area contributed by atoms with Gasteiger partial charge in [-0.25, -0.2) is 0 Å². The normalized spacial score (nSPS) is 18.1. The molecule has 1 saturated heterocycles. The van der Waals surface area contributed by atoms with Crippen molar-refractivity contribution in [1.82, 2.24) is 4.90 Å². The van der Waals surface area contributed by atoms with E-state index in [0.717, 1.165) is 17.4 Å². The number of ether oxygens (including phenoxy) is 1. The molecule has 2 rings (SSSR count). The predicted molar refractivity (Wildman–Crippen MR) is 82.9 cm³/mol. The topological polar surface area (TPSA) is 46.6 Å². The van der Waals surface area contributed by atoms with Crippen LogP contribution in [-0.4, -0.2) is 48.0 Å². The number of esters is 1. The molecule has 1 heterocycles. The van der Waals surface area contributed by atoms with Gasteiger partial charge in [-0.05, 0) is 34.5 Å². The Hall–Kier alpha value is -1.01. The Balaban J connectivity index is 1.91. The van der Waals surface area contributed by atoms with Crippen LogP contribution in [0, 0.1) is 0 Å². The molecule has 0 spiro atoms. The third kappa shape index (κ3) is 3.76. The van der Waals surface area contributed by atoms with Crippen LogP contribution >= 0.6 is 27.7 Å². The molecule has 0 aliphatic carbocycles. The summed E-state index contributed by atoms with van der Waals surface area (Å²) in [5.74, 6) is 0.169. The molecule has 0 radical (unpaired) electrons. The van der Waals surface area contributed by atoms with Gasteiger partial charge in [-0.2, -0.15) is 0 Å². The fraction of sp³-hybridized carbons (Fsp3) is 0.429. The van der Waals surface area contributed by atoms with E-state index in [-0.39, 0.29) is 11.9 Å². The Morgan fingerprint density at radius 2 is 2.20 bits per heavy atom. The average molecular weight is 358 g/mol. The molecule has 0 saturated carbocycles. The van der Waals surface area contributed by atoms with Crippen LogP contribution in [0.15, 0.2) is 28.7 Å². The number of hydrogen-bond acceptors (Lipinski definition) is 4. The summed E-state index contributed by atoms with van der Waals surface area (Å²) in [4.78, 5) is 25.4. The number of halogens is 1. The van der Waals surface area contributed by atoms with Crippen LogP contribution < -0.4 is 0 Å². The average Bonchev–Trinajstić information content (AvgIpc) is 2.93. The fourth-order valence-corrected chi connectivity index (χ4v) is 3.60. The lowest BCUT2D eigenvalue weighted by atomic mass is 10.2. The van der Waals surface area contributed by atoms with E-state index in [4.69, 9.17) is 0 Å². The van der Waals surface area contributed by atoms with Crippen molar-refractivity contribution in [1.29, 1.82) is 0 Å². The summed E-state index contributed by atoms with van der Waals surface area (Å²) in [5, 5.41) is 0.306. The molecular weight excluding hydrogens is 342 g/mol. The first-order chi connectivity index (χ1) is 9.61. The first kappa shape index (κ1) is 15.4. The van der Waals surface area contributed by atoms with Crippen LogP contribution in [0.25, 0.3) is 0 Å². The van der Waals surface area contributed by atoms with Crippen molar-refractivity contribution in [2.45, 2.75) is 11.7 Å². The van der Waals surface area contributed by atoms with Crippen molar-refractivity contribution in [3.05, 3.63) is 34.3 Å². The minimum atomic E-state index is -0.217. The Morgan fingerprint density at radius 3 is 2.90 bits per heavy atom. The second-order valence-corrected chi connectivity index (χ2v) is 6.67. The van der Waals surface area contributed by atoms with Gasteiger partial charge >= 0.3 is 5.97 Å². The first-order valence-electron chi connectivity index (χ1n) is 6.34. The highest BCUT2D eigenvalue weighted by Gasteiger charge is 2.28. The van der Waals surface area contributed by atoms with Gasteiger partial charge in [-0.1, -0.05) is 12.1 Å². The van der Waals surface area contributed by atoms with Gasteiger partial charge in [-0.15, -0.1) is 11.8 Å². The highest BCUT2D eigenvalue weighted by molar-refractivity contribution is 9.10. The lowest BCUT2D eigenvalue weighted by Crippen LogP contribution is -2.29. The van der Waals surface area contributed by atoms with Gasteiger partial charge in [-0.3, -0.25) is 9.59 Å². The van der Waals surface area contributed by atoms with E-state index >= 15 is 0 Å². The van der Waals surface area contributed by atoms with E-state index in [9.17, 15) is 9.59 Å². The number of rotatable bonds is 4. The summed E-state index contributed by atoms with van der Waals surface area (Å²) in [5.41, 5.74) is 0.686. The molecule has 20 heavy (non-hydrogen) atoms. The molecular formula is C14H16BrNO3S. The molecule has 0 bridgehead atoms. The maximum absolute atomic E-state index is 12.4. The van der Waals surface area contributed by atoms with Crippen LogP contribution in [0.3, 0.4) is 0 Å². The number of likely N-dealkylation sites (tertiary alicyclic amines) is 1. The summed E-state index contributed by atoms with van der Waals surface area (Å²) in [6, 6.07) is 7.44. The van der Waals surface area contributed by atoms with Crippen molar-refractivity contribution in [2.75, 3.05) is 26.0 Å². The van der Waals surface area contributed by atoms with Crippen molar-refractivity contribution in [3.63, 3.8) is 0 Å². The van der Waals surface area contributed by atoms with Crippen LogP contribution in [0.4, 0.5) is 0 Å². The monoisotopic (exact) mass is 357 g/mol. The summed E-state index contributed by atoms with van der Waals surface area (Å²) in [7, 11) is 1.39. The van der Waals surface area contributed by atoms with Gasteiger partial charge in [0.2, 0.25) is 0 Å². The zero-order valence-electron chi connectivity index (χ0n) is 11.2. The lowest BCUT2D eigenvalue weighted by molar-refractivity contribution is -0.137. The smallest absolute Gasteiger partial charge is 0.315 e. The first-order valence-corrected chi connectivity index (χ1v) is 8.18. The van der Waals surface area contributed by atoms with Gasteiger partial charge < -0.3 is 9.64 Å². The molecule has 1 aromatic rings. The van der Waals surface area contributed by atoms with Crippen LogP contribution in [-0.2, 0) is 9.53 Å². The number of hydrogen-bond donors (Lipinski definition) is 0. The zero-order valence-corrected chi connectivity index (χ0v) is 13.6. The molecule has 0 aromatic heterocycles. The number of amides is 1. The number of carbonyl (C=O) groups is 2. The molecule has 1 amide bonds. The van der Waals surface area contributed by atoms with Crippen molar-refractivity contribution in [3.8, 4) is 0 Å². The van der Waals surface area contributed by atoms with Crippen LogP contribution in [0.2, 0.25) is 0 Å². The number of nitrogens with zero attached hydrogens (tertiary/aromatic N) is 1. The van der Waals surface area contributed by atoms with Crippen LogP contribution in [0.5, 0.6) is 0 Å². The molecule has 1 atom stereocenters.